The summed E-state index contributed by atoms with van der Waals surface area (Å²) in [6, 6.07) is 8.13. The molecule has 0 spiro atoms. The van der Waals surface area contributed by atoms with Crippen LogP contribution >= 0.6 is 11.8 Å². The lowest BCUT2D eigenvalue weighted by Gasteiger charge is -2.07. The van der Waals surface area contributed by atoms with Crippen molar-refractivity contribution in [1.82, 2.24) is 5.32 Å². The summed E-state index contributed by atoms with van der Waals surface area (Å²) in [6.07, 6.45) is 5.53. The molecule has 1 aliphatic carbocycles. The molecule has 0 heterocycles. The van der Waals surface area contributed by atoms with Crippen LogP contribution in [0.5, 0.6) is 0 Å². The minimum Gasteiger partial charge on any atom is -0.385 e. The van der Waals surface area contributed by atoms with Crippen LogP contribution in [0.4, 0.5) is 5.69 Å². The van der Waals surface area contributed by atoms with Gasteiger partial charge in [0.25, 0.3) is 5.91 Å². The Morgan fingerprint density at radius 2 is 2.06 bits per heavy atom. The van der Waals surface area contributed by atoms with E-state index in [1.807, 2.05) is 36.0 Å². The molecule has 0 aliphatic heterocycles. The number of hydrogen-bond acceptors (Lipinski definition) is 3. The van der Waals surface area contributed by atoms with Crippen LogP contribution in [0.1, 0.15) is 29.6 Å². The van der Waals surface area contributed by atoms with Crippen molar-refractivity contribution in [2.45, 2.75) is 25.3 Å². The number of rotatable bonds is 7. The van der Waals surface area contributed by atoms with E-state index in [9.17, 15) is 4.79 Å². The summed E-state index contributed by atoms with van der Waals surface area (Å²) in [6.45, 7) is 0.981. The lowest BCUT2D eigenvalue weighted by atomic mass is 10.2. The first kappa shape index (κ1) is 13.3. The van der Waals surface area contributed by atoms with E-state index >= 15 is 0 Å². The van der Waals surface area contributed by atoms with Crippen LogP contribution in [0.2, 0.25) is 0 Å². The van der Waals surface area contributed by atoms with E-state index in [4.69, 9.17) is 0 Å². The summed E-state index contributed by atoms with van der Waals surface area (Å²) in [5, 5.41) is 6.34. The molecule has 1 aromatic carbocycles. The quantitative estimate of drug-likeness (QED) is 0.744. The van der Waals surface area contributed by atoms with Gasteiger partial charge in [-0.3, -0.25) is 4.79 Å². The standard InChI is InChI=1S/C14H20N2OS/c1-18-10-2-9-15-12-5-3-11(4-6-12)14(17)16-13-7-8-13/h3-6,13,15H,2,7-10H2,1H3,(H,16,17). The highest BCUT2D eigenvalue weighted by Gasteiger charge is 2.23. The van der Waals surface area contributed by atoms with E-state index in [0.717, 1.165) is 37.1 Å². The molecular formula is C14H20N2OS. The fourth-order valence-electron chi connectivity index (χ4n) is 1.69. The molecule has 1 saturated carbocycles. The minimum absolute atomic E-state index is 0.0476. The molecule has 18 heavy (non-hydrogen) atoms. The highest BCUT2D eigenvalue weighted by atomic mass is 32.2. The maximum absolute atomic E-state index is 11.8. The number of carbonyl (C=O) groups is 1. The number of thioether (sulfide) groups is 1. The predicted octanol–water partition coefficient (Wildman–Crippen LogP) is 2.74. The van der Waals surface area contributed by atoms with Crippen LogP contribution in [0.25, 0.3) is 0 Å². The third-order valence-electron chi connectivity index (χ3n) is 2.91. The van der Waals surface area contributed by atoms with Crippen LogP contribution in [0.15, 0.2) is 24.3 Å². The van der Waals surface area contributed by atoms with Gasteiger partial charge in [-0.2, -0.15) is 11.8 Å². The fraction of sp³-hybridized carbons (Fsp3) is 0.500. The van der Waals surface area contributed by atoms with Crippen LogP contribution in [-0.2, 0) is 0 Å². The largest absolute Gasteiger partial charge is 0.385 e. The molecule has 4 heteroatoms. The van der Waals surface area contributed by atoms with Crippen molar-refractivity contribution in [3.05, 3.63) is 29.8 Å². The van der Waals surface area contributed by atoms with Crippen molar-refractivity contribution in [2.75, 3.05) is 23.9 Å². The first-order valence-electron chi connectivity index (χ1n) is 6.43. The average Bonchev–Trinajstić information content (AvgIpc) is 3.19. The molecular weight excluding hydrogens is 244 g/mol. The van der Waals surface area contributed by atoms with Gasteiger partial charge in [0.05, 0.1) is 0 Å². The lowest BCUT2D eigenvalue weighted by molar-refractivity contribution is 0.0951. The van der Waals surface area contributed by atoms with Crippen molar-refractivity contribution in [2.24, 2.45) is 0 Å². The molecule has 2 N–H and O–H groups in total. The topological polar surface area (TPSA) is 41.1 Å². The van der Waals surface area contributed by atoms with E-state index in [1.165, 1.54) is 5.75 Å². The van der Waals surface area contributed by atoms with Gasteiger partial charge in [-0.15, -0.1) is 0 Å². The highest BCUT2D eigenvalue weighted by Crippen LogP contribution is 2.19. The van der Waals surface area contributed by atoms with E-state index in [2.05, 4.69) is 16.9 Å². The Hall–Kier alpha value is -1.16. The summed E-state index contributed by atoms with van der Waals surface area (Å²) >= 11 is 1.86. The number of anilines is 1. The summed E-state index contributed by atoms with van der Waals surface area (Å²) in [5.74, 6) is 1.22. The molecule has 0 aromatic heterocycles. The van der Waals surface area contributed by atoms with Gasteiger partial charge in [-0.25, -0.2) is 0 Å². The first-order valence-corrected chi connectivity index (χ1v) is 7.82. The predicted molar refractivity (Wildman–Crippen MR) is 78.4 cm³/mol. The zero-order chi connectivity index (χ0) is 12.8. The SMILES string of the molecule is CSCCCNc1ccc(C(=O)NC2CC2)cc1. The zero-order valence-corrected chi connectivity index (χ0v) is 11.6. The minimum atomic E-state index is 0.0476. The van der Waals surface area contributed by atoms with Crippen LogP contribution in [0.3, 0.4) is 0 Å². The maximum atomic E-state index is 11.8. The smallest absolute Gasteiger partial charge is 0.251 e. The summed E-state index contributed by atoms with van der Waals surface area (Å²) in [5.41, 5.74) is 1.83. The number of nitrogens with one attached hydrogen (secondary N) is 2. The van der Waals surface area contributed by atoms with E-state index in [0.29, 0.717) is 6.04 Å². The van der Waals surface area contributed by atoms with Gasteiger partial charge < -0.3 is 10.6 Å². The monoisotopic (exact) mass is 264 g/mol. The molecule has 2 rings (SSSR count). The Bertz CT molecular complexity index is 387. The maximum Gasteiger partial charge on any atom is 0.251 e. The summed E-state index contributed by atoms with van der Waals surface area (Å²) < 4.78 is 0. The number of carbonyl (C=O) groups excluding carboxylic acids is 1. The number of benzene rings is 1. The van der Waals surface area contributed by atoms with E-state index in [-0.39, 0.29) is 5.91 Å². The zero-order valence-electron chi connectivity index (χ0n) is 10.7. The van der Waals surface area contributed by atoms with E-state index in [1.54, 1.807) is 0 Å². The molecule has 3 nitrogen and oxygen atoms in total. The second-order valence-corrected chi connectivity index (χ2v) is 5.58. The van der Waals surface area contributed by atoms with Gasteiger partial charge in [-0.05, 0) is 55.5 Å². The van der Waals surface area contributed by atoms with Gasteiger partial charge in [0.1, 0.15) is 0 Å². The highest BCUT2D eigenvalue weighted by molar-refractivity contribution is 7.98. The molecule has 1 aliphatic rings. The molecule has 1 aromatic rings. The second kappa shape index (κ2) is 6.69. The Labute approximate surface area is 113 Å². The Morgan fingerprint density at radius 1 is 1.33 bits per heavy atom. The van der Waals surface area contributed by atoms with Crippen LogP contribution < -0.4 is 10.6 Å². The van der Waals surface area contributed by atoms with Gasteiger partial charge in [0.2, 0.25) is 0 Å². The van der Waals surface area contributed by atoms with Crippen LogP contribution in [0, 0.1) is 0 Å². The van der Waals surface area contributed by atoms with E-state index < -0.39 is 0 Å². The molecule has 0 radical (unpaired) electrons. The van der Waals surface area contributed by atoms with Gasteiger partial charge >= 0.3 is 0 Å². The Balaban J connectivity index is 1.78. The summed E-state index contributed by atoms with van der Waals surface area (Å²) in [7, 11) is 0. The van der Waals surface area contributed by atoms with Gasteiger partial charge in [0, 0.05) is 23.8 Å². The lowest BCUT2D eigenvalue weighted by Crippen LogP contribution is -2.25. The molecule has 1 fully saturated rings. The van der Waals surface area contributed by atoms with Crippen molar-refractivity contribution in [3.8, 4) is 0 Å². The molecule has 98 valence electrons. The average molecular weight is 264 g/mol. The second-order valence-electron chi connectivity index (χ2n) is 4.60. The Morgan fingerprint density at radius 3 is 2.67 bits per heavy atom. The van der Waals surface area contributed by atoms with Crippen molar-refractivity contribution >= 4 is 23.4 Å². The number of hydrogen-bond donors (Lipinski definition) is 2. The molecule has 0 atom stereocenters. The fourth-order valence-corrected chi connectivity index (χ4v) is 2.12. The van der Waals surface area contributed by atoms with Crippen molar-refractivity contribution < 1.29 is 4.79 Å². The molecule has 0 bridgehead atoms. The molecule has 0 unspecified atom stereocenters. The third kappa shape index (κ3) is 4.26. The first-order chi connectivity index (χ1) is 8.79. The normalized spacial score (nSPS) is 14.3. The third-order valence-corrected chi connectivity index (χ3v) is 3.61. The number of amides is 1. The molecule has 0 saturated heterocycles. The van der Waals surface area contributed by atoms with Crippen LogP contribution in [-0.4, -0.2) is 30.5 Å². The van der Waals surface area contributed by atoms with Gasteiger partial charge in [0.15, 0.2) is 0 Å². The molecule has 1 amide bonds. The summed E-state index contributed by atoms with van der Waals surface area (Å²) in [4.78, 5) is 11.8. The van der Waals surface area contributed by atoms with Crippen molar-refractivity contribution in [1.29, 1.82) is 0 Å². The Kier molecular flexibility index (Phi) is 4.93. The van der Waals surface area contributed by atoms with Gasteiger partial charge in [-0.1, -0.05) is 0 Å². The van der Waals surface area contributed by atoms with Crippen molar-refractivity contribution in [3.63, 3.8) is 0 Å².